The van der Waals surface area contributed by atoms with Crippen molar-refractivity contribution in [3.63, 3.8) is 0 Å². The molecule has 1 aromatic carbocycles. The molecular formula is C19H23FN4O3S. The second kappa shape index (κ2) is 9.18. The molecule has 7 nitrogen and oxygen atoms in total. The zero-order chi connectivity index (χ0) is 20.1. The van der Waals surface area contributed by atoms with Crippen molar-refractivity contribution in [3.05, 3.63) is 30.1 Å². The van der Waals surface area contributed by atoms with Crippen LogP contribution in [0.2, 0.25) is 0 Å². The van der Waals surface area contributed by atoms with Gasteiger partial charge in [0.2, 0.25) is 5.91 Å². The van der Waals surface area contributed by atoms with Crippen molar-refractivity contribution in [2.45, 2.75) is 24.9 Å². The number of hydrogen-bond acceptors (Lipinski definition) is 6. The van der Waals surface area contributed by atoms with Gasteiger partial charge >= 0.3 is 5.97 Å². The number of hydrogen-bond donors (Lipinski definition) is 0. The number of benzene rings is 1. The number of thioether (sulfide) groups is 1. The molecule has 0 bridgehead atoms. The minimum absolute atomic E-state index is 0.0607. The molecule has 1 aliphatic rings. The molecular weight excluding hydrogens is 383 g/mol. The van der Waals surface area contributed by atoms with E-state index in [9.17, 15) is 14.0 Å². The van der Waals surface area contributed by atoms with Gasteiger partial charge in [0.05, 0.1) is 23.8 Å². The lowest BCUT2D eigenvalue weighted by molar-refractivity contribution is -0.151. The minimum Gasteiger partial charge on any atom is -0.466 e. The molecule has 3 rings (SSSR count). The largest absolute Gasteiger partial charge is 0.466 e. The molecule has 0 radical (unpaired) electrons. The molecule has 2 aromatic rings. The SMILES string of the molecule is CCOC(=O)[C@H]1CCCN(C(=O)CSc2nnc(-c3ccccc3F)n2C)C1. The Morgan fingerprint density at radius 2 is 2.11 bits per heavy atom. The van der Waals surface area contributed by atoms with Gasteiger partial charge in [0.15, 0.2) is 11.0 Å². The van der Waals surface area contributed by atoms with Crippen LogP contribution in [0, 0.1) is 11.7 Å². The number of nitrogens with zero attached hydrogens (tertiary/aromatic N) is 4. The maximum Gasteiger partial charge on any atom is 0.310 e. The summed E-state index contributed by atoms with van der Waals surface area (Å²) < 4.78 is 20.7. The summed E-state index contributed by atoms with van der Waals surface area (Å²) in [5, 5.41) is 8.67. The fourth-order valence-corrected chi connectivity index (χ4v) is 4.01. The van der Waals surface area contributed by atoms with E-state index in [4.69, 9.17) is 4.74 Å². The van der Waals surface area contributed by atoms with E-state index in [1.165, 1.54) is 17.8 Å². The summed E-state index contributed by atoms with van der Waals surface area (Å²) >= 11 is 1.25. The maximum absolute atomic E-state index is 14.0. The summed E-state index contributed by atoms with van der Waals surface area (Å²) in [5.74, 6) is -0.342. The van der Waals surface area contributed by atoms with Crippen molar-refractivity contribution >= 4 is 23.6 Å². The lowest BCUT2D eigenvalue weighted by Gasteiger charge is -2.31. The quantitative estimate of drug-likeness (QED) is 0.542. The maximum atomic E-state index is 14.0. The van der Waals surface area contributed by atoms with E-state index in [0.29, 0.717) is 36.2 Å². The second-order valence-corrected chi connectivity index (χ2v) is 7.51. The number of halogens is 1. The van der Waals surface area contributed by atoms with Gasteiger partial charge in [-0.3, -0.25) is 9.59 Å². The molecule has 0 unspecified atom stereocenters. The highest BCUT2D eigenvalue weighted by molar-refractivity contribution is 7.99. The topological polar surface area (TPSA) is 77.3 Å². The van der Waals surface area contributed by atoms with Gasteiger partial charge in [0.25, 0.3) is 0 Å². The predicted octanol–water partition coefficient (Wildman–Crippen LogP) is 2.52. The number of likely N-dealkylation sites (tertiary alicyclic amines) is 1. The summed E-state index contributed by atoms with van der Waals surface area (Å²) in [6.07, 6.45) is 1.52. The van der Waals surface area contributed by atoms with Crippen LogP contribution in [0.5, 0.6) is 0 Å². The normalized spacial score (nSPS) is 16.8. The van der Waals surface area contributed by atoms with Gasteiger partial charge in [-0.05, 0) is 31.9 Å². The average molecular weight is 406 g/mol. The van der Waals surface area contributed by atoms with E-state index in [1.807, 2.05) is 0 Å². The van der Waals surface area contributed by atoms with Gasteiger partial charge in [-0.15, -0.1) is 10.2 Å². The number of piperidine rings is 1. The van der Waals surface area contributed by atoms with Crippen molar-refractivity contribution in [1.29, 1.82) is 0 Å². The Hall–Kier alpha value is -2.42. The van der Waals surface area contributed by atoms with Crippen LogP contribution < -0.4 is 0 Å². The highest BCUT2D eigenvalue weighted by Crippen LogP contribution is 2.25. The molecule has 1 atom stereocenters. The van der Waals surface area contributed by atoms with Crippen LogP contribution in [0.15, 0.2) is 29.4 Å². The smallest absolute Gasteiger partial charge is 0.310 e. The van der Waals surface area contributed by atoms with Crippen LogP contribution in [-0.2, 0) is 21.4 Å². The van der Waals surface area contributed by atoms with Gasteiger partial charge in [-0.1, -0.05) is 23.9 Å². The molecule has 0 saturated carbocycles. The van der Waals surface area contributed by atoms with Crippen LogP contribution in [-0.4, -0.2) is 57.0 Å². The van der Waals surface area contributed by atoms with Gasteiger partial charge in [-0.25, -0.2) is 4.39 Å². The van der Waals surface area contributed by atoms with Gasteiger partial charge in [-0.2, -0.15) is 0 Å². The Balaban J connectivity index is 1.61. The van der Waals surface area contributed by atoms with E-state index in [0.717, 1.165) is 12.8 Å². The fourth-order valence-electron chi connectivity index (χ4n) is 3.19. The molecule has 1 aromatic heterocycles. The van der Waals surface area contributed by atoms with E-state index in [2.05, 4.69) is 10.2 Å². The predicted molar refractivity (Wildman–Crippen MR) is 103 cm³/mol. The van der Waals surface area contributed by atoms with Crippen LogP contribution in [0.1, 0.15) is 19.8 Å². The third kappa shape index (κ3) is 4.52. The van der Waals surface area contributed by atoms with Crippen molar-refractivity contribution in [2.75, 3.05) is 25.4 Å². The lowest BCUT2D eigenvalue weighted by Crippen LogP contribution is -2.43. The Morgan fingerprint density at radius 1 is 1.32 bits per heavy atom. The summed E-state index contributed by atoms with van der Waals surface area (Å²) in [4.78, 5) is 26.2. The second-order valence-electron chi connectivity index (χ2n) is 6.56. The standard InChI is InChI=1S/C19H23FN4O3S/c1-3-27-18(26)13-7-6-10-24(11-13)16(25)12-28-19-22-21-17(23(19)2)14-8-4-5-9-15(14)20/h4-5,8-9,13H,3,6-7,10-12H2,1-2H3/t13-/m0/s1. The van der Waals surface area contributed by atoms with Gasteiger partial charge in [0.1, 0.15) is 5.82 Å². The first-order valence-corrected chi connectivity index (χ1v) is 10.2. The summed E-state index contributed by atoms with van der Waals surface area (Å²) in [6, 6.07) is 6.37. The number of aromatic nitrogens is 3. The zero-order valence-electron chi connectivity index (χ0n) is 15.9. The number of carbonyl (C=O) groups excluding carboxylic acids is 2. The Labute approximate surface area is 167 Å². The highest BCUT2D eigenvalue weighted by Gasteiger charge is 2.29. The minimum atomic E-state index is -0.371. The average Bonchev–Trinajstić information content (AvgIpc) is 3.07. The number of amides is 1. The molecule has 150 valence electrons. The number of ether oxygens (including phenoxy) is 1. The molecule has 0 aliphatic carbocycles. The first-order chi connectivity index (χ1) is 13.5. The number of rotatable bonds is 6. The molecule has 2 heterocycles. The van der Waals surface area contributed by atoms with E-state index < -0.39 is 0 Å². The summed E-state index contributed by atoms with van der Waals surface area (Å²) in [6.45, 7) is 3.14. The summed E-state index contributed by atoms with van der Waals surface area (Å²) in [7, 11) is 1.74. The Bertz CT molecular complexity index is 857. The Morgan fingerprint density at radius 3 is 2.86 bits per heavy atom. The van der Waals surface area contributed by atoms with Crippen LogP contribution in [0.4, 0.5) is 4.39 Å². The number of carbonyl (C=O) groups is 2. The summed E-state index contributed by atoms with van der Waals surface area (Å²) in [5.41, 5.74) is 0.365. The third-order valence-corrected chi connectivity index (χ3v) is 5.67. The third-order valence-electron chi connectivity index (χ3n) is 4.67. The zero-order valence-corrected chi connectivity index (χ0v) is 16.7. The molecule has 1 saturated heterocycles. The van der Waals surface area contributed by atoms with Crippen molar-refractivity contribution in [2.24, 2.45) is 13.0 Å². The van der Waals surface area contributed by atoms with Crippen LogP contribution >= 0.6 is 11.8 Å². The molecule has 9 heteroatoms. The lowest BCUT2D eigenvalue weighted by atomic mass is 9.98. The van der Waals surface area contributed by atoms with E-state index in [-0.39, 0.29) is 29.4 Å². The van der Waals surface area contributed by atoms with Crippen molar-refractivity contribution in [1.82, 2.24) is 19.7 Å². The fraction of sp³-hybridized carbons (Fsp3) is 0.474. The van der Waals surface area contributed by atoms with Crippen LogP contribution in [0.25, 0.3) is 11.4 Å². The molecule has 0 spiro atoms. The van der Waals surface area contributed by atoms with E-state index >= 15 is 0 Å². The molecule has 1 amide bonds. The molecule has 1 aliphatic heterocycles. The van der Waals surface area contributed by atoms with Gasteiger partial charge in [0, 0.05) is 20.1 Å². The molecule has 28 heavy (non-hydrogen) atoms. The van der Waals surface area contributed by atoms with Crippen molar-refractivity contribution in [3.8, 4) is 11.4 Å². The number of esters is 1. The molecule has 0 N–H and O–H groups in total. The van der Waals surface area contributed by atoms with Crippen LogP contribution in [0.3, 0.4) is 0 Å². The van der Waals surface area contributed by atoms with E-state index in [1.54, 1.807) is 41.6 Å². The highest BCUT2D eigenvalue weighted by atomic mass is 32.2. The first-order valence-electron chi connectivity index (χ1n) is 9.22. The molecule has 1 fully saturated rings. The van der Waals surface area contributed by atoms with Gasteiger partial charge < -0.3 is 14.2 Å². The monoisotopic (exact) mass is 406 g/mol. The Kier molecular flexibility index (Phi) is 6.66. The first kappa shape index (κ1) is 20.3. The van der Waals surface area contributed by atoms with Crippen molar-refractivity contribution < 1.29 is 18.7 Å².